The van der Waals surface area contributed by atoms with E-state index in [-0.39, 0.29) is 11.9 Å². The van der Waals surface area contributed by atoms with E-state index in [1.165, 1.54) is 0 Å². The molecule has 1 N–H and O–H groups in total. The molecule has 0 saturated heterocycles. The molecular weight excluding hydrogens is 354 g/mol. The van der Waals surface area contributed by atoms with Crippen LogP contribution in [0.25, 0.3) is 0 Å². The molecule has 0 radical (unpaired) electrons. The zero-order valence-electron chi connectivity index (χ0n) is 14.8. The van der Waals surface area contributed by atoms with Gasteiger partial charge in [-0.05, 0) is 54.8 Å². The average Bonchev–Trinajstić information content (AvgIpc) is 2.61. The van der Waals surface area contributed by atoms with E-state index in [1.54, 1.807) is 18.9 Å². The molecule has 1 atom stereocenters. The molecule has 1 unspecified atom stereocenters. The number of amides is 1. The van der Waals surface area contributed by atoms with Crippen molar-refractivity contribution in [3.63, 3.8) is 0 Å². The summed E-state index contributed by atoms with van der Waals surface area (Å²) < 4.78 is 5.30. The summed E-state index contributed by atoms with van der Waals surface area (Å²) in [5.41, 5.74) is 2.19. The fourth-order valence-corrected chi connectivity index (χ4v) is 3.58. The van der Waals surface area contributed by atoms with Crippen LogP contribution in [-0.2, 0) is 4.79 Å². The standard InChI is InChI=1S/C20H24ClNO2S/c1-4-18(15-5-10-19(24-3)14(2)13-15)22-20(23)11-12-25-17-8-6-16(21)7-9-17/h5-10,13,18H,4,11-12H2,1-3H3,(H,22,23). The minimum absolute atomic E-state index is 0.0256. The van der Waals surface area contributed by atoms with E-state index in [0.717, 1.165) is 39.0 Å². The Morgan fingerprint density at radius 1 is 1.24 bits per heavy atom. The first-order chi connectivity index (χ1) is 12.0. The Labute approximate surface area is 159 Å². The summed E-state index contributed by atoms with van der Waals surface area (Å²) in [6, 6.07) is 13.7. The monoisotopic (exact) mass is 377 g/mol. The van der Waals surface area contributed by atoms with Crippen LogP contribution >= 0.6 is 23.4 Å². The Balaban J connectivity index is 1.86. The Hall–Kier alpha value is -1.65. The lowest BCUT2D eigenvalue weighted by Crippen LogP contribution is -2.28. The average molecular weight is 378 g/mol. The molecule has 5 heteroatoms. The Morgan fingerprint density at radius 3 is 2.56 bits per heavy atom. The SMILES string of the molecule is CCC(NC(=O)CCSc1ccc(Cl)cc1)c1ccc(OC)c(C)c1. The lowest BCUT2D eigenvalue weighted by Gasteiger charge is -2.19. The van der Waals surface area contributed by atoms with E-state index in [9.17, 15) is 4.79 Å². The van der Waals surface area contributed by atoms with Crippen molar-refractivity contribution in [3.05, 3.63) is 58.6 Å². The van der Waals surface area contributed by atoms with Crippen LogP contribution < -0.4 is 10.1 Å². The third kappa shape index (κ3) is 5.98. The summed E-state index contributed by atoms with van der Waals surface area (Å²) in [4.78, 5) is 13.4. The first-order valence-electron chi connectivity index (χ1n) is 8.35. The highest BCUT2D eigenvalue weighted by atomic mass is 35.5. The highest BCUT2D eigenvalue weighted by Gasteiger charge is 2.14. The first-order valence-corrected chi connectivity index (χ1v) is 9.72. The van der Waals surface area contributed by atoms with Crippen molar-refractivity contribution in [3.8, 4) is 5.75 Å². The maximum Gasteiger partial charge on any atom is 0.221 e. The van der Waals surface area contributed by atoms with Gasteiger partial charge in [-0.2, -0.15) is 0 Å². The Kier molecular flexibility index (Phi) is 7.66. The van der Waals surface area contributed by atoms with Gasteiger partial charge in [0.05, 0.1) is 13.2 Å². The molecule has 1 amide bonds. The molecule has 134 valence electrons. The van der Waals surface area contributed by atoms with Gasteiger partial charge < -0.3 is 10.1 Å². The fourth-order valence-electron chi connectivity index (χ4n) is 2.60. The number of thioether (sulfide) groups is 1. The molecule has 0 saturated carbocycles. The molecule has 0 aromatic heterocycles. The van der Waals surface area contributed by atoms with Crippen LogP contribution in [0.4, 0.5) is 0 Å². The van der Waals surface area contributed by atoms with Crippen LogP contribution in [0.1, 0.15) is 36.9 Å². The molecule has 2 aromatic carbocycles. The van der Waals surface area contributed by atoms with Crippen molar-refractivity contribution < 1.29 is 9.53 Å². The third-order valence-corrected chi connectivity index (χ3v) is 5.24. The molecule has 0 fully saturated rings. The predicted octanol–water partition coefficient (Wildman–Crippen LogP) is 5.41. The maximum absolute atomic E-state index is 12.3. The first kappa shape index (κ1) is 19.7. The van der Waals surface area contributed by atoms with E-state index < -0.39 is 0 Å². The molecule has 2 aromatic rings. The number of methoxy groups -OCH3 is 1. The van der Waals surface area contributed by atoms with Crippen LogP contribution in [0.3, 0.4) is 0 Å². The topological polar surface area (TPSA) is 38.3 Å². The molecule has 0 aliphatic carbocycles. The molecule has 0 heterocycles. The fraction of sp³-hybridized carbons (Fsp3) is 0.350. The molecule has 25 heavy (non-hydrogen) atoms. The quantitative estimate of drug-likeness (QED) is 0.625. The van der Waals surface area contributed by atoms with Crippen molar-refractivity contribution in [2.24, 2.45) is 0 Å². The molecule has 3 nitrogen and oxygen atoms in total. The van der Waals surface area contributed by atoms with Crippen LogP contribution in [0.15, 0.2) is 47.4 Å². The van der Waals surface area contributed by atoms with Crippen molar-refractivity contribution >= 4 is 29.3 Å². The van der Waals surface area contributed by atoms with E-state index in [2.05, 4.69) is 18.3 Å². The molecule has 0 aliphatic heterocycles. The second-order valence-corrected chi connectivity index (χ2v) is 7.41. The lowest BCUT2D eigenvalue weighted by atomic mass is 10.0. The Morgan fingerprint density at radius 2 is 1.96 bits per heavy atom. The van der Waals surface area contributed by atoms with Gasteiger partial charge in [0.25, 0.3) is 0 Å². The molecular formula is C20H24ClNO2S. The molecule has 0 bridgehead atoms. The smallest absolute Gasteiger partial charge is 0.221 e. The second-order valence-electron chi connectivity index (χ2n) is 5.81. The van der Waals surface area contributed by atoms with Crippen molar-refractivity contribution in [1.29, 1.82) is 0 Å². The van der Waals surface area contributed by atoms with Gasteiger partial charge in [-0.3, -0.25) is 4.79 Å². The number of halogens is 1. The van der Waals surface area contributed by atoms with Gasteiger partial charge in [0.2, 0.25) is 5.91 Å². The maximum atomic E-state index is 12.3. The summed E-state index contributed by atoms with van der Waals surface area (Å²) >= 11 is 7.54. The largest absolute Gasteiger partial charge is 0.496 e. The van der Waals surface area contributed by atoms with Gasteiger partial charge in [-0.15, -0.1) is 11.8 Å². The minimum atomic E-state index is 0.0256. The number of hydrogen-bond donors (Lipinski definition) is 1. The van der Waals surface area contributed by atoms with Crippen molar-refractivity contribution in [2.45, 2.75) is 37.6 Å². The zero-order chi connectivity index (χ0) is 18.2. The predicted molar refractivity (Wildman–Crippen MR) is 106 cm³/mol. The van der Waals surface area contributed by atoms with Gasteiger partial charge in [-0.1, -0.05) is 30.7 Å². The highest BCUT2D eigenvalue weighted by molar-refractivity contribution is 7.99. The zero-order valence-corrected chi connectivity index (χ0v) is 16.4. The van der Waals surface area contributed by atoms with Crippen LogP contribution in [0.2, 0.25) is 5.02 Å². The van der Waals surface area contributed by atoms with Gasteiger partial charge >= 0.3 is 0 Å². The summed E-state index contributed by atoms with van der Waals surface area (Å²) in [5.74, 6) is 1.68. The summed E-state index contributed by atoms with van der Waals surface area (Å²) in [7, 11) is 1.67. The van der Waals surface area contributed by atoms with Gasteiger partial charge in [0, 0.05) is 22.1 Å². The van der Waals surface area contributed by atoms with Crippen LogP contribution in [0, 0.1) is 6.92 Å². The highest BCUT2D eigenvalue weighted by Crippen LogP contribution is 2.25. The van der Waals surface area contributed by atoms with E-state index in [4.69, 9.17) is 16.3 Å². The van der Waals surface area contributed by atoms with Crippen LogP contribution in [0.5, 0.6) is 5.75 Å². The number of rotatable bonds is 8. The van der Waals surface area contributed by atoms with E-state index >= 15 is 0 Å². The van der Waals surface area contributed by atoms with Crippen molar-refractivity contribution in [1.82, 2.24) is 5.32 Å². The minimum Gasteiger partial charge on any atom is -0.496 e. The lowest BCUT2D eigenvalue weighted by molar-refractivity contribution is -0.121. The molecule has 2 rings (SSSR count). The number of nitrogens with one attached hydrogen (secondary N) is 1. The molecule has 0 spiro atoms. The normalized spacial score (nSPS) is 11.8. The number of carbonyl (C=O) groups is 1. The van der Waals surface area contributed by atoms with Crippen molar-refractivity contribution in [2.75, 3.05) is 12.9 Å². The summed E-state index contributed by atoms with van der Waals surface area (Å²) in [6.07, 6.45) is 1.33. The molecule has 0 aliphatic rings. The Bertz CT molecular complexity index is 703. The number of aryl methyl sites for hydroxylation is 1. The number of hydrogen-bond acceptors (Lipinski definition) is 3. The van der Waals surface area contributed by atoms with E-state index in [0.29, 0.717) is 6.42 Å². The summed E-state index contributed by atoms with van der Waals surface area (Å²) in [6.45, 7) is 4.09. The number of carbonyl (C=O) groups excluding carboxylic acids is 1. The van der Waals surface area contributed by atoms with Crippen LogP contribution in [-0.4, -0.2) is 18.8 Å². The summed E-state index contributed by atoms with van der Waals surface area (Å²) in [5, 5.41) is 3.85. The van der Waals surface area contributed by atoms with Gasteiger partial charge in [0.1, 0.15) is 5.75 Å². The third-order valence-electron chi connectivity index (χ3n) is 3.98. The number of benzene rings is 2. The van der Waals surface area contributed by atoms with Gasteiger partial charge in [0.15, 0.2) is 0 Å². The van der Waals surface area contributed by atoms with Gasteiger partial charge in [-0.25, -0.2) is 0 Å². The van der Waals surface area contributed by atoms with E-state index in [1.807, 2.05) is 43.3 Å². The second kappa shape index (κ2) is 9.73. The number of ether oxygens (including phenoxy) is 1.